The molecule has 25 heavy (non-hydrogen) atoms. The zero-order valence-electron chi connectivity index (χ0n) is 16.4. The third kappa shape index (κ3) is 5.98. The van der Waals surface area contributed by atoms with Crippen LogP contribution < -0.4 is 3.80 Å². The molecule has 0 fully saturated rings. The molecule has 1 aliphatic carbocycles. The molecule has 4 heteroatoms. The molecule has 0 bridgehead atoms. The number of unbranched alkanes of at least 4 members (excludes halogenated alkanes) is 1. The molecule has 0 saturated carbocycles. The molecule has 0 heterocycles. The van der Waals surface area contributed by atoms with Gasteiger partial charge in [-0.1, -0.05) is 0 Å². The van der Waals surface area contributed by atoms with E-state index in [1.165, 1.54) is 47.2 Å². The second-order valence-corrected chi connectivity index (χ2v) is 10.1. The molecule has 1 N–H and O–H groups in total. The Balaban J connectivity index is 0.00000288. The summed E-state index contributed by atoms with van der Waals surface area (Å²) in [6.07, 6.45) is 4.96. The Morgan fingerprint density at radius 1 is 1.12 bits per heavy atom. The van der Waals surface area contributed by atoms with Crippen LogP contribution in [0.2, 0.25) is 0 Å². The molecule has 0 amide bonds. The van der Waals surface area contributed by atoms with Crippen molar-refractivity contribution in [1.82, 2.24) is 3.80 Å². The summed E-state index contributed by atoms with van der Waals surface area (Å²) < 4.78 is 4.03. The van der Waals surface area contributed by atoms with Gasteiger partial charge in [-0.05, 0) is 0 Å². The molecule has 2 rings (SSSR count). The molecular weight excluding hydrogens is 385 g/mol. The van der Waals surface area contributed by atoms with E-state index in [2.05, 4.69) is 75.7 Å². The Kier molecular flexibility index (Phi) is 10.9. The third-order valence-corrected chi connectivity index (χ3v) is 6.96. The van der Waals surface area contributed by atoms with Gasteiger partial charge < -0.3 is 0 Å². The van der Waals surface area contributed by atoms with Crippen LogP contribution in [0.3, 0.4) is 0 Å². The summed E-state index contributed by atoms with van der Waals surface area (Å²) in [5.74, 6) is 0.528. The molecular formula is C21H33Cl2NTi. The van der Waals surface area contributed by atoms with Crippen LogP contribution in [-0.4, -0.2) is 6.54 Å². The monoisotopic (exact) mass is 417 g/mol. The Hall–Kier alpha value is -0.0457. The summed E-state index contributed by atoms with van der Waals surface area (Å²) in [5, 5.41) is 0. The molecule has 0 saturated heterocycles. The predicted octanol–water partition coefficient (Wildman–Crippen LogP) is 6.52. The minimum atomic E-state index is -0.225. The van der Waals surface area contributed by atoms with Gasteiger partial charge in [-0.3, -0.25) is 0 Å². The van der Waals surface area contributed by atoms with E-state index in [0.717, 1.165) is 0 Å². The van der Waals surface area contributed by atoms with Gasteiger partial charge in [-0.15, -0.1) is 24.8 Å². The van der Waals surface area contributed by atoms with Crippen LogP contribution in [-0.2, 0) is 23.1 Å². The maximum atomic E-state index is 3.77. The second-order valence-electron chi connectivity index (χ2n) is 7.25. The number of hydrogen-bond acceptors (Lipinski definition) is 1. The zero-order valence-corrected chi connectivity index (χ0v) is 19.6. The standard InChI is InChI=1S/C17H21.C4H10N.2ClH.Ti/c1-11(2)15-8-6-7-9-16(15)17-13(4)10-12(3)14(17)5;1-2-3-4-5;;;/h6-10,13H,1-5H3;5H,2-4H2,1H3;2*1H;/q;-1;;;+1. The van der Waals surface area contributed by atoms with E-state index < -0.39 is 0 Å². The molecule has 1 nitrogen and oxygen atoms in total. The quantitative estimate of drug-likeness (QED) is 0.393. The average Bonchev–Trinajstić information content (AvgIpc) is 2.77. The molecule has 1 unspecified atom stereocenters. The van der Waals surface area contributed by atoms with Gasteiger partial charge in [0.1, 0.15) is 0 Å². The van der Waals surface area contributed by atoms with E-state index >= 15 is 0 Å². The Bertz CT molecular complexity index is 620. The molecule has 1 aliphatic rings. The van der Waals surface area contributed by atoms with Gasteiger partial charge in [0.25, 0.3) is 0 Å². The van der Waals surface area contributed by atoms with Crippen LogP contribution in [0.25, 0.3) is 5.57 Å². The van der Waals surface area contributed by atoms with Gasteiger partial charge in [-0.25, -0.2) is 0 Å². The van der Waals surface area contributed by atoms with E-state index in [9.17, 15) is 0 Å². The molecule has 1 aromatic carbocycles. The summed E-state index contributed by atoms with van der Waals surface area (Å²) in [4.78, 5) is 0. The first-order chi connectivity index (χ1) is 10.9. The van der Waals surface area contributed by atoms with Gasteiger partial charge >= 0.3 is 152 Å². The van der Waals surface area contributed by atoms with Gasteiger partial charge in [0.15, 0.2) is 0 Å². The topological polar surface area (TPSA) is 12.0 Å². The number of allylic oxidation sites excluding steroid dienone is 4. The largest absolute Gasteiger partial charge is 0.147 e. The van der Waals surface area contributed by atoms with Crippen molar-refractivity contribution in [3.8, 4) is 0 Å². The van der Waals surface area contributed by atoms with E-state index in [4.69, 9.17) is 0 Å². The van der Waals surface area contributed by atoms with E-state index in [1.54, 1.807) is 0 Å². The number of hydrogen-bond donors (Lipinski definition) is 1. The van der Waals surface area contributed by atoms with E-state index in [1.807, 2.05) is 0 Å². The summed E-state index contributed by atoms with van der Waals surface area (Å²) in [5.41, 5.74) is 7.44. The van der Waals surface area contributed by atoms with E-state index in [0.29, 0.717) is 5.92 Å². The second kappa shape index (κ2) is 10.9. The van der Waals surface area contributed by atoms with Crippen LogP contribution in [0.5, 0.6) is 0 Å². The molecule has 1 aromatic rings. The van der Waals surface area contributed by atoms with Crippen LogP contribution >= 0.6 is 24.8 Å². The minimum Gasteiger partial charge on any atom is -0.147 e. The first-order valence-electron chi connectivity index (χ1n) is 8.88. The maximum absolute atomic E-state index is 3.77. The van der Waals surface area contributed by atoms with Crippen LogP contribution in [0.15, 0.2) is 41.5 Å². The van der Waals surface area contributed by atoms with Crippen LogP contribution in [0.1, 0.15) is 65.5 Å². The summed E-state index contributed by atoms with van der Waals surface area (Å²) in [7, 11) is 0. The fourth-order valence-corrected chi connectivity index (χ4v) is 5.18. The molecule has 0 spiro atoms. The number of nitrogens with one attached hydrogen (secondary N) is 1. The molecule has 1 atom stereocenters. The average molecular weight is 418 g/mol. The van der Waals surface area contributed by atoms with Crippen molar-refractivity contribution in [2.45, 2.75) is 58.1 Å². The van der Waals surface area contributed by atoms with Gasteiger partial charge in [0, 0.05) is 0 Å². The molecule has 0 aliphatic heterocycles. The third-order valence-electron chi connectivity index (χ3n) is 4.90. The summed E-state index contributed by atoms with van der Waals surface area (Å²) in [6.45, 7) is 15.1. The molecule has 0 radical (unpaired) electrons. The number of rotatable bonds is 7. The molecule has 0 aromatic heterocycles. The Labute approximate surface area is 176 Å². The molecule has 140 valence electrons. The van der Waals surface area contributed by atoms with Gasteiger partial charge in [0.2, 0.25) is 0 Å². The first-order valence-corrected chi connectivity index (χ1v) is 10.4. The van der Waals surface area contributed by atoms with Crippen molar-refractivity contribution in [2.24, 2.45) is 5.92 Å². The fraction of sp³-hybridized carbons (Fsp3) is 0.524. The fourth-order valence-electron chi connectivity index (χ4n) is 3.46. The first kappa shape index (κ1) is 25.0. The van der Waals surface area contributed by atoms with Gasteiger partial charge in [-0.2, -0.15) is 0 Å². The number of halogens is 2. The zero-order chi connectivity index (χ0) is 17.0. The Morgan fingerprint density at radius 2 is 1.76 bits per heavy atom. The van der Waals surface area contributed by atoms with Crippen molar-refractivity contribution in [1.29, 1.82) is 0 Å². The van der Waals surface area contributed by atoms with Crippen molar-refractivity contribution in [3.63, 3.8) is 0 Å². The Morgan fingerprint density at radius 3 is 2.32 bits per heavy atom. The van der Waals surface area contributed by atoms with Crippen molar-refractivity contribution >= 4 is 30.4 Å². The minimum absolute atomic E-state index is 0. The predicted molar refractivity (Wildman–Crippen MR) is 112 cm³/mol. The van der Waals surface area contributed by atoms with Crippen molar-refractivity contribution in [3.05, 3.63) is 52.6 Å². The smallest absolute Gasteiger partial charge is 0.147 e. The van der Waals surface area contributed by atoms with Crippen LogP contribution in [0, 0.1) is 5.92 Å². The van der Waals surface area contributed by atoms with Crippen LogP contribution in [0.4, 0.5) is 0 Å². The normalized spacial score (nSPS) is 16.9. The summed E-state index contributed by atoms with van der Waals surface area (Å²) in [6, 6.07) is 9.08. The van der Waals surface area contributed by atoms with Gasteiger partial charge in [0.05, 0.1) is 0 Å². The van der Waals surface area contributed by atoms with Crippen molar-refractivity contribution in [2.75, 3.05) is 6.54 Å². The number of benzene rings is 1. The van der Waals surface area contributed by atoms with E-state index in [-0.39, 0.29) is 47.9 Å². The summed E-state index contributed by atoms with van der Waals surface area (Å²) >= 11 is -0.225. The SMILES string of the molecule is CCCC[NH][Ti][C](C)(C)c1ccccc1C1=C(C)C(C)=CC1C.Cl.Cl. The maximum Gasteiger partial charge on any atom is -0.147 e. The van der Waals surface area contributed by atoms with Crippen molar-refractivity contribution < 1.29 is 19.4 Å².